The number of hydrogen-bond donors (Lipinski definition) is 1. The molecule has 0 bridgehead atoms. The molecule has 1 heterocycles. The summed E-state index contributed by atoms with van der Waals surface area (Å²) in [6, 6.07) is 9.49. The van der Waals surface area contributed by atoms with E-state index in [-0.39, 0.29) is 35.0 Å². The number of esters is 1. The summed E-state index contributed by atoms with van der Waals surface area (Å²) in [6.45, 7) is 8.36. The van der Waals surface area contributed by atoms with Crippen LogP contribution >= 0.6 is 0 Å². The highest BCUT2D eigenvalue weighted by Crippen LogP contribution is 2.38. The molecular weight excluding hydrogens is 302 g/mol. The first kappa shape index (κ1) is 18.7. The third-order valence-electron chi connectivity index (χ3n) is 5.01. The summed E-state index contributed by atoms with van der Waals surface area (Å²) in [5.41, 5.74) is 0.942. The van der Waals surface area contributed by atoms with E-state index in [2.05, 4.69) is 26.1 Å². The molecule has 1 aromatic rings. The third kappa shape index (κ3) is 3.86. The number of carbonyl (C=O) groups excluding carboxylic acids is 2. The van der Waals surface area contributed by atoms with Crippen LogP contribution in [0.3, 0.4) is 0 Å². The van der Waals surface area contributed by atoms with Crippen molar-refractivity contribution in [2.24, 2.45) is 11.3 Å². The molecule has 1 N–H and O–H groups in total. The van der Waals surface area contributed by atoms with Crippen LogP contribution in [0.25, 0.3) is 0 Å². The Morgan fingerprint density at radius 2 is 1.88 bits per heavy atom. The Hall–Kier alpha value is -1.68. The molecule has 0 spiro atoms. The van der Waals surface area contributed by atoms with Crippen molar-refractivity contribution in [3.8, 4) is 0 Å². The highest BCUT2D eigenvalue weighted by molar-refractivity contribution is 5.90. The van der Waals surface area contributed by atoms with E-state index in [1.165, 1.54) is 7.11 Å². The van der Waals surface area contributed by atoms with Gasteiger partial charge in [-0.15, -0.1) is 0 Å². The Balaban J connectivity index is 2.28. The summed E-state index contributed by atoms with van der Waals surface area (Å²) in [7, 11) is 1.39. The first-order valence-corrected chi connectivity index (χ1v) is 8.72. The summed E-state index contributed by atoms with van der Waals surface area (Å²) in [4.78, 5) is 25.3. The van der Waals surface area contributed by atoms with Crippen LogP contribution in [0.5, 0.6) is 0 Å². The van der Waals surface area contributed by atoms with E-state index in [9.17, 15) is 9.59 Å². The van der Waals surface area contributed by atoms with Crippen LogP contribution in [-0.4, -0.2) is 30.9 Å². The Bertz CT molecular complexity index is 576. The van der Waals surface area contributed by atoms with Crippen LogP contribution in [0.1, 0.15) is 52.0 Å². The molecule has 1 aromatic carbocycles. The number of methoxy groups -OCH3 is 1. The number of nitrogens with one attached hydrogen (secondary N) is 1. The fourth-order valence-corrected chi connectivity index (χ4v) is 3.78. The monoisotopic (exact) mass is 331 g/mol. The highest BCUT2D eigenvalue weighted by atomic mass is 16.5. The second-order valence-electron chi connectivity index (χ2n) is 7.70. The number of ketones is 1. The normalized spacial score (nSPS) is 25.3. The second kappa shape index (κ2) is 7.47. The Kier molecular flexibility index (Phi) is 5.81. The van der Waals surface area contributed by atoms with Gasteiger partial charge in [0.15, 0.2) is 0 Å². The third-order valence-corrected chi connectivity index (χ3v) is 5.01. The van der Waals surface area contributed by atoms with Crippen LogP contribution in [0.15, 0.2) is 30.3 Å². The fraction of sp³-hybridized carbons (Fsp3) is 0.600. The van der Waals surface area contributed by atoms with Gasteiger partial charge in [0.2, 0.25) is 0 Å². The molecule has 0 radical (unpaired) electrons. The quantitative estimate of drug-likeness (QED) is 0.841. The van der Waals surface area contributed by atoms with Gasteiger partial charge in [0.1, 0.15) is 11.8 Å². The lowest BCUT2D eigenvalue weighted by molar-refractivity contribution is -0.142. The lowest BCUT2D eigenvalue weighted by Gasteiger charge is -2.33. The van der Waals surface area contributed by atoms with Gasteiger partial charge in [0.05, 0.1) is 7.11 Å². The van der Waals surface area contributed by atoms with Gasteiger partial charge in [-0.1, -0.05) is 58.0 Å². The molecule has 0 aliphatic carbocycles. The van der Waals surface area contributed by atoms with Crippen molar-refractivity contribution in [2.45, 2.75) is 58.5 Å². The topological polar surface area (TPSA) is 55.4 Å². The molecule has 24 heavy (non-hydrogen) atoms. The molecule has 1 aliphatic heterocycles. The lowest BCUT2D eigenvalue weighted by Crippen LogP contribution is -2.46. The first-order valence-electron chi connectivity index (χ1n) is 8.72. The SMILES string of the molecule is CCC(C(=O)C1C[C@@H](C(=O)OC)NC1C(C)(C)C)c1ccccc1. The molecule has 1 aliphatic rings. The Morgan fingerprint density at radius 1 is 1.25 bits per heavy atom. The summed E-state index contributed by atoms with van der Waals surface area (Å²) >= 11 is 0. The van der Waals surface area contributed by atoms with E-state index in [4.69, 9.17) is 4.74 Å². The van der Waals surface area contributed by atoms with Gasteiger partial charge in [0, 0.05) is 17.9 Å². The zero-order valence-electron chi connectivity index (χ0n) is 15.3. The molecule has 0 aromatic heterocycles. The largest absolute Gasteiger partial charge is 0.468 e. The number of Topliss-reactive ketones (excluding diaryl/α,β-unsaturated/α-hetero) is 1. The van der Waals surface area contributed by atoms with Crippen molar-refractivity contribution < 1.29 is 14.3 Å². The van der Waals surface area contributed by atoms with Crippen LogP contribution in [0.2, 0.25) is 0 Å². The van der Waals surface area contributed by atoms with Crippen LogP contribution in [-0.2, 0) is 14.3 Å². The van der Waals surface area contributed by atoms with E-state index in [1.807, 2.05) is 37.3 Å². The van der Waals surface area contributed by atoms with Crippen molar-refractivity contribution in [1.29, 1.82) is 0 Å². The molecular formula is C20H29NO3. The van der Waals surface area contributed by atoms with E-state index in [0.29, 0.717) is 6.42 Å². The summed E-state index contributed by atoms with van der Waals surface area (Å²) in [5.74, 6) is -0.367. The predicted octanol–water partition coefficient (Wildman–Crippen LogP) is 3.32. The van der Waals surface area contributed by atoms with Crippen molar-refractivity contribution in [2.75, 3.05) is 7.11 Å². The maximum Gasteiger partial charge on any atom is 0.322 e. The molecule has 0 saturated carbocycles. The Labute approximate surface area is 145 Å². The minimum atomic E-state index is -0.401. The number of benzene rings is 1. The van der Waals surface area contributed by atoms with Crippen LogP contribution in [0.4, 0.5) is 0 Å². The molecule has 1 saturated heterocycles. The van der Waals surface area contributed by atoms with Gasteiger partial charge in [-0.05, 0) is 23.8 Å². The number of carbonyl (C=O) groups is 2. The molecule has 132 valence electrons. The standard InChI is InChI=1S/C20H29NO3/c1-6-14(13-10-8-7-9-11-13)17(22)15-12-16(19(23)24-5)21-18(15)20(2,3)4/h7-11,14-16,18,21H,6,12H2,1-5H3/t14?,15?,16-,18?/m0/s1. The van der Waals surface area contributed by atoms with E-state index >= 15 is 0 Å². The molecule has 0 amide bonds. The maximum atomic E-state index is 13.3. The van der Waals surface area contributed by atoms with Gasteiger partial charge in [0.25, 0.3) is 0 Å². The van der Waals surface area contributed by atoms with E-state index in [0.717, 1.165) is 12.0 Å². The van der Waals surface area contributed by atoms with Gasteiger partial charge >= 0.3 is 5.97 Å². The first-order chi connectivity index (χ1) is 11.3. The average Bonchev–Trinajstić information content (AvgIpc) is 3.01. The Morgan fingerprint density at radius 3 is 2.38 bits per heavy atom. The minimum absolute atomic E-state index is 0.0353. The minimum Gasteiger partial charge on any atom is -0.468 e. The van der Waals surface area contributed by atoms with Crippen molar-refractivity contribution in [3.63, 3.8) is 0 Å². The zero-order chi connectivity index (χ0) is 17.9. The predicted molar refractivity (Wildman–Crippen MR) is 94.8 cm³/mol. The van der Waals surface area contributed by atoms with Crippen LogP contribution < -0.4 is 5.32 Å². The van der Waals surface area contributed by atoms with Crippen molar-refractivity contribution in [3.05, 3.63) is 35.9 Å². The van der Waals surface area contributed by atoms with Crippen molar-refractivity contribution in [1.82, 2.24) is 5.32 Å². The summed E-state index contributed by atoms with van der Waals surface area (Å²) in [6.07, 6.45) is 1.27. The number of rotatable bonds is 5. The lowest BCUT2D eigenvalue weighted by atomic mass is 9.74. The molecule has 4 nitrogen and oxygen atoms in total. The van der Waals surface area contributed by atoms with Crippen LogP contribution in [0, 0.1) is 11.3 Å². The maximum absolute atomic E-state index is 13.3. The number of ether oxygens (including phenoxy) is 1. The zero-order valence-corrected chi connectivity index (χ0v) is 15.3. The highest BCUT2D eigenvalue weighted by Gasteiger charge is 2.47. The van der Waals surface area contributed by atoms with E-state index in [1.54, 1.807) is 0 Å². The van der Waals surface area contributed by atoms with Crippen molar-refractivity contribution >= 4 is 11.8 Å². The smallest absolute Gasteiger partial charge is 0.322 e. The van der Waals surface area contributed by atoms with Gasteiger partial charge in [-0.25, -0.2) is 0 Å². The molecule has 4 heteroatoms. The summed E-state index contributed by atoms with van der Waals surface area (Å²) < 4.78 is 4.88. The van der Waals surface area contributed by atoms with E-state index < -0.39 is 6.04 Å². The molecule has 4 atom stereocenters. The summed E-state index contributed by atoms with van der Waals surface area (Å²) in [5, 5.41) is 3.35. The second-order valence-corrected chi connectivity index (χ2v) is 7.70. The van der Waals surface area contributed by atoms with Gasteiger partial charge in [-0.3, -0.25) is 9.59 Å². The van der Waals surface area contributed by atoms with Gasteiger partial charge < -0.3 is 10.1 Å². The molecule has 2 rings (SSSR count). The average molecular weight is 331 g/mol. The number of hydrogen-bond acceptors (Lipinski definition) is 4. The molecule has 1 fully saturated rings. The molecule has 3 unspecified atom stereocenters. The van der Waals surface area contributed by atoms with Gasteiger partial charge in [-0.2, -0.15) is 0 Å². The fourth-order valence-electron chi connectivity index (χ4n) is 3.78.